The lowest BCUT2D eigenvalue weighted by Gasteiger charge is -2.27. The Bertz CT molecular complexity index is 1380. The molecule has 198 valence electrons. The second kappa shape index (κ2) is 11.4. The number of para-hydroxylation sites is 2. The van der Waals surface area contributed by atoms with Gasteiger partial charge in [0.15, 0.2) is 5.75 Å². The Balaban J connectivity index is 1.95. The van der Waals surface area contributed by atoms with E-state index >= 15 is 0 Å². The van der Waals surface area contributed by atoms with Crippen LogP contribution in [0.1, 0.15) is 30.5 Å². The van der Waals surface area contributed by atoms with Crippen molar-refractivity contribution in [2.75, 3.05) is 37.6 Å². The quantitative estimate of drug-likeness (QED) is 0.195. The maximum absolute atomic E-state index is 13.6. The van der Waals surface area contributed by atoms with Gasteiger partial charge < -0.3 is 19.5 Å². The molecule has 1 aliphatic rings. The Labute approximate surface area is 231 Å². The minimum absolute atomic E-state index is 0.0878. The Morgan fingerprint density at radius 1 is 1.03 bits per heavy atom. The van der Waals surface area contributed by atoms with Crippen LogP contribution in [0, 0.1) is 0 Å². The van der Waals surface area contributed by atoms with Gasteiger partial charge in [-0.3, -0.25) is 14.5 Å². The van der Waals surface area contributed by atoms with Gasteiger partial charge in [0.2, 0.25) is 0 Å². The molecule has 1 saturated heterocycles. The fourth-order valence-corrected chi connectivity index (χ4v) is 5.03. The van der Waals surface area contributed by atoms with Gasteiger partial charge in [-0.05, 0) is 48.4 Å². The highest BCUT2D eigenvalue weighted by Gasteiger charge is 2.47. The lowest BCUT2D eigenvalue weighted by Crippen LogP contribution is -2.30. The third-order valence-corrected chi connectivity index (χ3v) is 6.79. The number of ether oxygens (including phenoxy) is 2. The minimum atomic E-state index is -0.933. The number of nitrogens with zero attached hydrogens (tertiary/aromatic N) is 2. The highest BCUT2D eigenvalue weighted by atomic mass is 35.5. The maximum atomic E-state index is 13.6. The molecule has 1 amide bonds. The Morgan fingerprint density at radius 3 is 2.24 bits per heavy atom. The van der Waals surface area contributed by atoms with E-state index in [1.165, 1.54) is 24.1 Å². The van der Waals surface area contributed by atoms with Crippen LogP contribution < -0.4 is 19.3 Å². The van der Waals surface area contributed by atoms with E-state index in [0.29, 0.717) is 23.6 Å². The highest BCUT2D eigenvalue weighted by Crippen LogP contribution is 2.46. The molecule has 0 bridgehead atoms. The maximum Gasteiger partial charge on any atom is 0.300 e. The van der Waals surface area contributed by atoms with Crippen LogP contribution in [0.5, 0.6) is 11.5 Å². The summed E-state index contributed by atoms with van der Waals surface area (Å²) in [6.45, 7) is 2.41. The monoisotopic (exact) mass is 554 g/mol. The third kappa shape index (κ3) is 5.04. The largest absolute Gasteiger partial charge is 0.507 e. The molecule has 3 aromatic carbocycles. The van der Waals surface area contributed by atoms with Gasteiger partial charge in [0.1, 0.15) is 11.5 Å². The molecule has 9 heteroatoms. The first-order valence-corrected chi connectivity index (χ1v) is 12.8. The van der Waals surface area contributed by atoms with Crippen molar-refractivity contribution >= 4 is 52.0 Å². The molecule has 1 atom stereocenters. The third-order valence-electron chi connectivity index (χ3n) is 6.23. The van der Waals surface area contributed by atoms with E-state index in [2.05, 4.69) is 0 Å². The summed E-state index contributed by atoms with van der Waals surface area (Å²) in [5.74, 6) is -1.32. The van der Waals surface area contributed by atoms with E-state index in [1.807, 2.05) is 50.2 Å². The summed E-state index contributed by atoms with van der Waals surface area (Å²) in [7, 11) is 5.26. The Hall–Kier alpha value is -3.68. The molecule has 1 fully saturated rings. The second-order valence-corrected chi connectivity index (χ2v) is 9.76. The van der Waals surface area contributed by atoms with Gasteiger partial charge in [-0.15, -0.1) is 0 Å². The van der Waals surface area contributed by atoms with Gasteiger partial charge in [-0.2, -0.15) is 0 Å². The highest BCUT2D eigenvalue weighted by molar-refractivity contribution is 6.52. The Morgan fingerprint density at radius 2 is 1.66 bits per heavy atom. The molecule has 1 N–H and O–H groups in total. The predicted octanol–water partition coefficient (Wildman–Crippen LogP) is 6.48. The number of amides is 1. The number of Topliss-reactive ketones (excluding diaryl/α,β-unsaturated/α-hetero) is 1. The summed E-state index contributed by atoms with van der Waals surface area (Å²) in [5.41, 5.74) is 2.09. The Kier molecular flexibility index (Phi) is 8.19. The predicted molar refractivity (Wildman–Crippen MR) is 151 cm³/mol. The number of methoxy groups -OCH3 is 1. The molecule has 0 radical (unpaired) electrons. The van der Waals surface area contributed by atoms with Crippen molar-refractivity contribution in [2.24, 2.45) is 0 Å². The molecule has 38 heavy (non-hydrogen) atoms. The van der Waals surface area contributed by atoms with Crippen molar-refractivity contribution in [3.8, 4) is 11.5 Å². The van der Waals surface area contributed by atoms with Gasteiger partial charge in [0, 0.05) is 25.3 Å². The van der Waals surface area contributed by atoms with Crippen LogP contribution in [0.3, 0.4) is 0 Å². The summed E-state index contributed by atoms with van der Waals surface area (Å²) in [5, 5.41) is 11.8. The molecule has 0 spiro atoms. The molecule has 7 nitrogen and oxygen atoms in total. The molecule has 1 unspecified atom stereocenters. The van der Waals surface area contributed by atoms with Gasteiger partial charge in [-0.1, -0.05) is 54.4 Å². The lowest BCUT2D eigenvalue weighted by atomic mass is 9.94. The lowest BCUT2D eigenvalue weighted by molar-refractivity contribution is -0.132. The summed E-state index contributed by atoms with van der Waals surface area (Å²) in [6, 6.07) is 16.4. The number of hydrogen-bond donors (Lipinski definition) is 1. The van der Waals surface area contributed by atoms with Gasteiger partial charge in [-0.25, -0.2) is 0 Å². The number of aliphatic hydroxyl groups is 1. The zero-order valence-corrected chi connectivity index (χ0v) is 23.0. The molecule has 0 aliphatic carbocycles. The van der Waals surface area contributed by atoms with E-state index in [4.69, 9.17) is 32.7 Å². The molecule has 1 heterocycles. The molecule has 4 rings (SSSR count). The smallest absolute Gasteiger partial charge is 0.300 e. The summed E-state index contributed by atoms with van der Waals surface area (Å²) in [6.07, 6.45) is 0.765. The average Bonchev–Trinajstić information content (AvgIpc) is 3.17. The minimum Gasteiger partial charge on any atom is -0.507 e. The SMILES string of the molecule is CCCOc1ccccc1N1C(=O)C(=O)/C(=C(/O)c2cc(Cl)c(OC)c(Cl)c2)C1c1ccc(N(C)C)cc1. The van der Waals surface area contributed by atoms with Crippen LogP contribution in [-0.4, -0.2) is 44.6 Å². The zero-order valence-electron chi connectivity index (χ0n) is 21.5. The fourth-order valence-electron chi connectivity index (χ4n) is 4.39. The fraction of sp³-hybridized carbons (Fsp3) is 0.241. The van der Waals surface area contributed by atoms with E-state index in [-0.39, 0.29) is 26.9 Å². The van der Waals surface area contributed by atoms with E-state index < -0.39 is 23.5 Å². The zero-order chi connectivity index (χ0) is 27.6. The number of carbonyl (C=O) groups is 2. The van der Waals surface area contributed by atoms with Crippen molar-refractivity contribution in [3.05, 3.63) is 87.4 Å². The molecule has 0 saturated carbocycles. The second-order valence-electron chi connectivity index (χ2n) is 8.94. The van der Waals surface area contributed by atoms with E-state index in [0.717, 1.165) is 12.1 Å². The summed E-state index contributed by atoms with van der Waals surface area (Å²) < 4.78 is 11.1. The normalized spacial score (nSPS) is 16.6. The van der Waals surface area contributed by atoms with Crippen LogP contribution in [-0.2, 0) is 9.59 Å². The van der Waals surface area contributed by atoms with Crippen molar-refractivity contribution in [3.63, 3.8) is 0 Å². The first-order valence-electron chi connectivity index (χ1n) is 12.0. The van der Waals surface area contributed by atoms with Crippen molar-refractivity contribution in [1.29, 1.82) is 0 Å². The topological polar surface area (TPSA) is 79.3 Å². The van der Waals surface area contributed by atoms with E-state index in [9.17, 15) is 14.7 Å². The first-order chi connectivity index (χ1) is 18.2. The molecule has 1 aliphatic heterocycles. The number of rotatable bonds is 8. The number of aliphatic hydroxyl groups excluding tert-OH is 1. The van der Waals surface area contributed by atoms with Crippen molar-refractivity contribution in [1.82, 2.24) is 0 Å². The van der Waals surface area contributed by atoms with Crippen LogP contribution >= 0.6 is 23.2 Å². The number of benzene rings is 3. The molecular formula is C29H28Cl2N2O5. The number of anilines is 2. The van der Waals surface area contributed by atoms with Gasteiger partial charge in [0.05, 0.1) is 41.1 Å². The number of carbonyl (C=O) groups excluding carboxylic acids is 2. The molecule has 0 aromatic heterocycles. The van der Waals surface area contributed by atoms with Gasteiger partial charge >= 0.3 is 0 Å². The molecular weight excluding hydrogens is 527 g/mol. The van der Waals surface area contributed by atoms with Gasteiger partial charge in [0.25, 0.3) is 11.7 Å². The van der Waals surface area contributed by atoms with Crippen molar-refractivity contribution < 1.29 is 24.2 Å². The number of halogens is 2. The van der Waals surface area contributed by atoms with Crippen LogP contribution in [0.4, 0.5) is 11.4 Å². The number of ketones is 1. The summed E-state index contributed by atoms with van der Waals surface area (Å²) in [4.78, 5) is 30.4. The van der Waals surface area contributed by atoms with Crippen LogP contribution in [0.25, 0.3) is 5.76 Å². The van der Waals surface area contributed by atoms with Crippen molar-refractivity contribution in [2.45, 2.75) is 19.4 Å². The van der Waals surface area contributed by atoms with E-state index in [1.54, 1.807) is 24.3 Å². The summed E-state index contributed by atoms with van der Waals surface area (Å²) >= 11 is 12.6. The molecule has 3 aromatic rings. The van der Waals surface area contributed by atoms with Crippen LogP contribution in [0.2, 0.25) is 10.0 Å². The number of hydrogen-bond acceptors (Lipinski definition) is 6. The van der Waals surface area contributed by atoms with Crippen LogP contribution in [0.15, 0.2) is 66.2 Å². The first kappa shape index (κ1) is 27.4. The average molecular weight is 555 g/mol. The standard InChI is InChI=1S/C29H28Cl2N2O5/c1-5-14-38-23-9-7-6-8-22(23)33-25(17-10-12-19(13-11-17)32(2)3)24(27(35)29(33)36)26(34)18-15-20(30)28(37-4)21(31)16-18/h6-13,15-16,25,34H,5,14H2,1-4H3/b26-24+.